The highest BCUT2D eigenvalue weighted by atomic mass is 16.1. The highest BCUT2D eigenvalue weighted by Gasteiger charge is 2.36. The minimum Gasteiger partial charge on any atom is -0.352 e. The quantitative estimate of drug-likeness (QED) is 0.639. The van der Waals surface area contributed by atoms with E-state index in [-0.39, 0.29) is 5.91 Å². The van der Waals surface area contributed by atoms with Crippen LogP contribution in [0.25, 0.3) is 0 Å². The molecule has 1 rings (SSSR count). The Balaban J connectivity index is 2.23. The second kappa shape index (κ2) is 3.30. The summed E-state index contributed by atoms with van der Waals surface area (Å²) in [6.07, 6.45) is 4.15. The van der Waals surface area contributed by atoms with Crippen molar-refractivity contribution in [1.82, 2.24) is 5.32 Å². The Labute approximate surface area is 74.0 Å². The summed E-state index contributed by atoms with van der Waals surface area (Å²) in [4.78, 5) is 11.1. The first-order valence-electron chi connectivity index (χ1n) is 4.45. The van der Waals surface area contributed by atoms with Gasteiger partial charge in [-0.15, -0.1) is 0 Å². The van der Waals surface area contributed by atoms with E-state index in [9.17, 15) is 4.79 Å². The van der Waals surface area contributed by atoms with E-state index in [1.54, 1.807) is 6.08 Å². The molecule has 1 amide bonds. The third kappa shape index (κ3) is 3.07. The van der Waals surface area contributed by atoms with E-state index in [2.05, 4.69) is 12.2 Å². The van der Waals surface area contributed by atoms with Crippen molar-refractivity contribution in [2.24, 2.45) is 5.41 Å². The number of allylic oxidation sites excluding steroid dienone is 1. The van der Waals surface area contributed by atoms with Crippen molar-refractivity contribution >= 4 is 5.91 Å². The summed E-state index contributed by atoms with van der Waals surface area (Å²) in [5.74, 6) is 0.0446. The van der Waals surface area contributed by atoms with Gasteiger partial charge in [-0.1, -0.05) is 12.5 Å². The molecule has 0 aromatic heterocycles. The lowest BCUT2D eigenvalue weighted by atomic mass is 10.1. The molecule has 0 unspecified atom stereocenters. The maximum Gasteiger partial charge on any atom is 0.243 e. The Morgan fingerprint density at radius 2 is 2.08 bits per heavy atom. The summed E-state index contributed by atoms with van der Waals surface area (Å²) in [6, 6.07) is 0. The molecule has 2 nitrogen and oxygen atoms in total. The van der Waals surface area contributed by atoms with Gasteiger partial charge in [-0.3, -0.25) is 4.79 Å². The molecule has 1 saturated carbocycles. The summed E-state index contributed by atoms with van der Waals surface area (Å²) < 4.78 is 0. The van der Waals surface area contributed by atoms with E-state index in [4.69, 9.17) is 0 Å². The Bertz CT molecular complexity index is 210. The molecular formula is C10H17NO. The number of nitrogens with one attached hydrogen (secondary N) is 1. The molecule has 0 radical (unpaired) electrons. The molecule has 12 heavy (non-hydrogen) atoms. The van der Waals surface area contributed by atoms with Gasteiger partial charge in [0, 0.05) is 12.6 Å². The van der Waals surface area contributed by atoms with Gasteiger partial charge in [-0.25, -0.2) is 0 Å². The number of carbonyl (C=O) groups is 1. The predicted octanol–water partition coefficient (Wildman–Crippen LogP) is 1.87. The number of rotatable bonds is 3. The van der Waals surface area contributed by atoms with E-state index >= 15 is 0 Å². The Morgan fingerprint density at radius 3 is 2.50 bits per heavy atom. The molecule has 0 spiro atoms. The Kier molecular flexibility index (Phi) is 2.55. The van der Waals surface area contributed by atoms with Crippen LogP contribution in [0.4, 0.5) is 0 Å². The minimum atomic E-state index is 0.0446. The first-order valence-corrected chi connectivity index (χ1v) is 4.45. The van der Waals surface area contributed by atoms with Crippen LogP contribution in [0.2, 0.25) is 0 Å². The highest BCUT2D eigenvalue weighted by molar-refractivity contribution is 5.88. The topological polar surface area (TPSA) is 29.1 Å². The molecule has 68 valence electrons. The number of hydrogen-bond donors (Lipinski definition) is 1. The van der Waals surface area contributed by atoms with Crippen LogP contribution in [0, 0.1) is 5.41 Å². The van der Waals surface area contributed by atoms with E-state index in [1.807, 2.05) is 13.8 Å². The number of amides is 1. The smallest absolute Gasteiger partial charge is 0.243 e. The van der Waals surface area contributed by atoms with Crippen molar-refractivity contribution in [2.45, 2.75) is 33.6 Å². The van der Waals surface area contributed by atoms with Crippen LogP contribution in [0.15, 0.2) is 11.6 Å². The van der Waals surface area contributed by atoms with Gasteiger partial charge in [-0.05, 0) is 32.1 Å². The second-order valence-electron chi connectivity index (χ2n) is 4.25. The molecule has 0 aromatic carbocycles. The molecule has 0 aromatic rings. The predicted molar refractivity (Wildman–Crippen MR) is 49.8 cm³/mol. The molecule has 2 heteroatoms. The first-order chi connectivity index (χ1) is 5.52. The molecule has 1 fully saturated rings. The Morgan fingerprint density at radius 1 is 1.50 bits per heavy atom. The molecule has 0 saturated heterocycles. The third-order valence-electron chi connectivity index (χ3n) is 2.21. The Hall–Kier alpha value is -0.790. The number of carbonyl (C=O) groups excluding carboxylic acids is 1. The maximum atomic E-state index is 11.1. The van der Waals surface area contributed by atoms with Gasteiger partial charge in [0.05, 0.1) is 0 Å². The normalized spacial score (nSPS) is 18.2. The van der Waals surface area contributed by atoms with Crippen molar-refractivity contribution in [3.63, 3.8) is 0 Å². The van der Waals surface area contributed by atoms with Gasteiger partial charge >= 0.3 is 0 Å². The standard InChI is InChI=1S/C10H17NO/c1-8(2)6-9(12)11-7-10(3)4-5-10/h6H,4-5,7H2,1-3H3,(H,11,12). The summed E-state index contributed by atoms with van der Waals surface area (Å²) in [5, 5.41) is 2.90. The van der Waals surface area contributed by atoms with Crippen molar-refractivity contribution in [2.75, 3.05) is 6.54 Å². The molecule has 0 heterocycles. The first kappa shape index (κ1) is 9.30. The molecule has 1 aliphatic rings. The summed E-state index contributed by atoms with van der Waals surface area (Å²) >= 11 is 0. The van der Waals surface area contributed by atoms with Gasteiger partial charge in [0.1, 0.15) is 0 Å². The van der Waals surface area contributed by atoms with Crippen molar-refractivity contribution in [3.05, 3.63) is 11.6 Å². The monoisotopic (exact) mass is 167 g/mol. The second-order valence-corrected chi connectivity index (χ2v) is 4.25. The van der Waals surface area contributed by atoms with Crippen molar-refractivity contribution in [1.29, 1.82) is 0 Å². The van der Waals surface area contributed by atoms with E-state index in [0.717, 1.165) is 12.1 Å². The highest BCUT2D eigenvalue weighted by Crippen LogP contribution is 2.43. The van der Waals surface area contributed by atoms with Crippen LogP contribution in [0.5, 0.6) is 0 Å². The largest absolute Gasteiger partial charge is 0.352 e. The van der Waals surface area contributed by atoms with Gasteiger partial charge in [-0.2, -0.15) is 0 Å². The van der Waals surface area contributed by atoms with Gasteiger partial charge in [0.25, 0.3) is 0 Å². The average Bonchev–Trinajstić information content (AvgIpc) is 2.64. The minimum absolute atomic E-state index is 0.0446. The van der Waals surface area contributed by atoms with Crippen molar-refractivity contribution in [3.8, 4) is 0 Å². The lowest BCUT2D eigenvalue weighted by Gasteiger charge is -2.07. The summed E-state index contributed by atoms with van der Waals surface area (Å²) in [5.41, 5.74) is 1.46. The fourth-order valence-electron chi connectivity index (χ4n) is 1.00. The van der Waals surface area contributed by atoms with Gasteiger partial charge in [0.2, 0.25) is 5.91 Å². The lowest BCUT2D eigenvalue weighted by Crippen LogP contribution is -2.27. The zero-order chi connectivity index (χ0) is 9.19. The summed E-state index contributed by atoms with van der Waals surface area (Å²) in [7, 11) is 0. The van der Waals surface area contributed by atoms with Crippen LogP contribution in [0.3, 0.4) is 0 Å². The van der Waals surface area contributed by atoms with E-state index in [0.29, 0.717) is 5.41 Å². The molecule has 1 N–H and O–H groups in total. The fraction of sp³-hybridized carbons (Fsp3) is 0.700. The van der Waals surface area contributed by atoms with Crippen LogP contribution in [-0.4, -0.2) is 12.5 Å². The summed E-state index contributed by atoms with van der Waals surface area (Å²) in [6.45, 7) is 6.89. The third-order valence-corrected chi connectivity index (χ3v) is 2.21. The zero-order valence-electron chi connectivity index (χ0n) is 8.11. The van der Waals surface area contributed by atoms with Gasteiger partial charge in [0.15, 0.2) is 0 Å². The molecule has 0 atom stereocenters. The molecule has 0 bridgehead atoms. The SMILES string of the molecule is CC(C)=CC(=O)NCC1(C)CC1. The van der Waals surface area contributed by atoms with E-state index in [1.165, 1.54) is 12.8 Å². The van der Waals surface area contributed by atoms with Gasteiger partial charge < -0.3 is 5.32 Å². The van der Waals surface area contributed by atoms with Crippen molar-refractivity contribution < 1.29 is 4.79 Å². The zero-order valence-corrected chi connectivity index (χ0v) is 8.11. The van der Waals surface area contributed by atoms with Crippen LogP contribution in [-0.2, 0) is 4.79 Å². The van der Waals surface area contributed by atoms with E-state index < -0.39 is 0 Å². The molecular weight excluding hydrogens is 150 g/mol. The maximum absolute atomic E-state index is 11.1. The molecule has 0 aliphatic heterocycles. The van der Waals surface area contributed by atoms with Crippen LogP contribution >= 0.6 is 0 Å². The van der Waals surface area contributed by atoms with Crippen LogP contribution < -0.4 is 5.32 Å². The number of hydrogen-bond acceptors (Lipinski definition) is 1. The fourth-order valence-corrected chi connectivity index (χ4v) is 1.00. The molecule has 1 aliphatic carbocycles. The van der Waals surface area contributed by atoms with Crippen LogP contribution in [0.1, 0.15) is 33.6 Å². The lowest BCUT2D eigenvalue weighted by molar-refractivity contribution is -0.116. The average molecular weight is 167 g/mol.